The van der Waals surface area contributed by atoms with Crippen LogP contribution in [0.5, 0.6) is 0 Å². The summed E-state index contributed by atoms with van der Waals surface area (Å²) in [4.78, 5) is 0. The van der Waals surface area contributed by atoms with Gasteiger partial charge in [0.2, 0.25) is 0 Å². The highest BCUT2D eigenvalue weighted by atomic mass is 15.0. The summed E-state index contributed by atoms with van der Waals surface area (Å²) >= 11 is 0. The first-order valence-electron chi connectivity index (χ1n) is 24.1. The van der Waals surface area contributed by atoms with E-state index in [0.29, 0.717) is 0 Å². The number of aromatic nitrogens is 2. The van der Waals surface area contributed by atoms with Crippen molar-refractivity contribution in [3.8, 4) is 55.6 Å². The van der Waals surface area contributed by atoms with Gasteiger partial charge in [0.25, 0.3) is 0 Å². The molecule has 2 aliphatic rings. The van der Waals surface area contributed by atoms with Crippen LogP contribution in [0.25, 0.3) is 111 Å². The van der Waals surface area contributed by atoms with Gasteiger partial charge in [-0.2, -0.15) is 0 Å². The molecule has 0 atom stereocenters. The third-order valence-corrected chi connectivity index (χ3v) is 14.5. The van der Waals surface area contributed by atoms with Crippen LogP contribution in [0.4, 0.5) is 0 Å². The molecule has 2 N–H and O–H groups in total. The molecule has 8 aromatic carbocycles. The van der Waals surface area contributed by atoms with Crippen molar-refractivity contribution >= 4 is 55.0 Å². The fraction of sp³-hybridized carbons (Fsp3) is 0.125. The molecule has 3 nitrogen and oxygen atoms in total. The van der Waals surface area contributed by atoms with Gasteiger partial charge in [-0.1, -0.05) is 154 Å². The molecule has 67 heavy (non-hydrogen) atoms. The molecule has 12 rings (SSSR count). The van der Waals surface area contributed by atoms with Crippen LogP contribution in [0.2, 0.25) is 0 Å². The van der Waals surface area contributed by atoms with Crippen molar-refractivity contribution in [1.82, 2.24) is 9.13 Å². The number of fused-ring (bicyclic) bond motifs is 8. The molecule has 0 unspecified atom stereocenters. The van der Waals surface area contributed by atoms with Crippen LogP contribution in [0.15, 0.2) is 195 Å². The van der Waals surface area contributed by atoms with Gasteiger partial charge < -0.3 is 14.9 Å². The van der Waals surface area contributed by atoms with Crippen LogP contribution in [-0.2, 0) is 25.7 Å². The molecule has 10 aromatic rings. The van der Waals surface area contributed by atoms with Gasteiger partial charge in [-0.25, -0.2) is 0 Å². The molecule has 0 radical (unpaired) electrons. The van der Waals surface area contributed by atoms with E-state index in [4.69, 9.17) is 5.73 Å². The fourth-order valence-corrected chi connectivity index (χ4v) is 11.5. The van der Waals surface area contributed by atoms with E-state index in [1.165, 1.54) is 122 Å². The van der Waals surface area contributed by atoms with E-state index in [-0.39, 0.29) is 0 Å². The first-order chi connectivity index (χ1) is 33.1. The molecule has 0 amide bonds. The highest BCUT2D eigenvalue weighted by Crippen LogP contribution is 2.52. The van der Waals surface area contributed by atoms with Crippen LogP contribution >= 0.6 is 0 Å². The number of allylic oxidation sites excluding steroid dienone is 6. The molecule has 0 spiro atoms. The minimum absolute atomic E-state index is 0.903. The second kappa shape index (κ2) is 16.5. The van der Waals surface area contributed by atoms with E-state index < -0.39 is 0 Å². The Balaban J connectivity index is 1.07. The normalized spacial score (nSPS) is 13.6. The Morgan fingerprint density at radius 3 is 1.27 bits per heavy atom. The molecule has 0 bridgehead atoms. The second-order valence-electron chi connectivity index (χ2n) is 18.2. The van der Waals surface area contributed by atoms with Crippen molar-refractivity contribution in [1.29, 1.82) is 0 Å². The van der Waals surface area contributed by atoms with Crippen molar-refractivity contribution in [3.05, 3.63) is 217 Å². The summed E-state index contributed by atoms with van der Waals surface area (Å²) in [5.74, 6) is 0. The van der Waals surface area contributed by atoms with Gasteiger partial charge in [0.1, 0.15) is 0 Å². The van der Waals surface area contributed by atoms with Gasteiger partial charge >= 0.3 is 0 Å². The Hall–Kier alpha value is -7.88. The van der Waals surface area contributed by atoms with Gasteiger partial charge in [-0.3, -0.25) is 0 Å². The lowest BCUT2D eigenvalue weighted by Gasteiger charge is -2.31. The lowest BCUT2D eigenvalue weighted by molar-refractivity contribution is 0.884. The summed E-state index contributed by atoms with van der Waals surface area (Å²) in [5.41, 5.74) is 32.1. The van der Waals surface area contributed by atoms with E-state index in [2.05, 4.69) is 206 Å². The standard InChI is InChI=1S/C64H53N3/c1-4-13-51(6-3)66-59-33-29-47(45-23-19-43(20-24-45)41-15-9-7-10-16-41)37-55(59)57-39-49-28-32-54-62-50(27-31-53(61(49)62)63(57)66)40-58-56-38-48(46-25-21-44(22-26-46)42-17-11-8-12-18-42)30-34-60(56)67(64(54)58)52(14-5-2)35-36-65/h6-26,29-30,33-40H,3-5,27-28,31-32,65H2,1-2H3/b36-35-,51-13+,52-14+. The lowest BCUT2D eigenvalue weighted by atomic mass is 9.74. The minimum Gasteiger partial charge on any atom is -0.405 e. The average molecular weight is 864 g/mol. The summed E-state index contributed by atoms with van der Waals surface area (Å²) in [6, 6.07) is 58.6. The highest BCUT2D eigenvalue weighted by molar-refractivity contribution is 6.18. The van der Waals surface area contributed by atoms with Crippen molar-refractivity contribution < 1.29 is 0 Å². The number of nitrogens with zero attached hydrogens (tertiary/aromatic N) is 2. The lowest BCUT2D eigenvalue weighted by Crippen LogP contribution is -2.16. The van der Waals surface area contributed by atoms with Gasteiger partial charge in [-0.15, -0.1) is 0 Å². The summed E-state index contributed by atoms with van der Waals surface area (Å²) in [5, 5.41) is 5.24. The molecule has 2 aliphatic carbocycles. The van der Waals surface area contributed by atoms with E-state index in [9.17, 15) is 0 Å². The number of hydrogen-bond donors (Lipinski definition) is 1. The Labute approximate surface area is 393 Å². The zero-order valence-electron chi connectivity index (χ0n) is 38.3. The smallest absolute Gasteiger partial charge is 0.0579 e. The molecule has 0 aliphatic heterocycles. The molecule has 324 valence electrons. The van der Waals surface area contributed by atoms with Crippen molar-refractivity contribution in [3.63, 3.8) is 0 Å². The topological polar surface area (TPSA) is 35.9 Å². The molecule has 0 saturated heterocycles. The summed E-state index contributed by atoms with van der Waals surface area (Å²) in [6.07, 6.45) is 16.2. The van der Waals surface area contributed by atoms with E-state index >= 15 is 0 Å². The predicted octanol–water partition coefficient (Wildman–Crippen LogP) is 16.6. The van der Waals surface area contributed by atoms with Crippen LogP contribution in [0.1, 0.15) is 48.9 Å². The van der Waals surface area contributed by atoms with Gasteiger partial charge in [0.15, 0.2) is 0 Å². The zero-order chi connectivity index (χ0) is 45.2. The van der Waals surface area contributed by atoms with Crippen LogP contribution in [-0.4, -0.2) is 9.13 Å². The van der Waals surface area contributed by atoms with E-state index in [1.807, 2.05) is 6.08 Å². The first-order valence-corrected chi connectivity index (χ1v) is 24.1. The third kappa shape index (κ3) is 6.55. The Morgan fingerprint density at radius 1 is 0.463 bits per heavy atom. The number of hydrogen-bond acceptors (Lipinski definition) is 1. The van der Waals surface area contributed by atoms with Crippen molar-refractivity contribution in [2.45, 2.75) is 52.4 Å². The number of nitrogens with two attached hydrogens (primary N) is 1. The average Bonchev–Trinajstić information content (AvgIpc) is 3.89. The third-order valence-electron chi connectivity index (χ3n) is 14.5. The quantitative estimate of drug-likeness (QED) is 0.137. The molecular formula is C64H53N3. The monoisotopic (exact) mass is 863 g/mol. The number of benzene rings is 8. The molecule has 0 saturated carbocycles. The second-order valence-corrected chi connectivity index (χ2v) is 18.2. The number of rotatable bonds is 10. The molecular weight excluding hydrogens is 811 g/mol. The van der Waals surface area contributed by atoms with Crippen molar-refractivity contribution in [2.75, 3.05) is 0 Å². The zero-order valence-corrected chi connectivity index (χ0v) is 38.3. The SMILES string of the molecule is C=C/C(=C\CC)n1c2ccc(-c3ccc(-c4ccccc4)cc3)cc2c2cc3c4c(c21)CCc1cc2c5cc(-c6ccc(-c7ccccc7)cc6)ccc5n(C(/C=C\N)=C/CC)c2c(c1-4)CC3. The largest absolute Gasteiger partial charge is 0.405 e. The predicted molar refractivity (Wildman–Crippen MR) is 287 cm³/mol. The van der Waals surface area contributed by atoms with Gasteiger partial charge in [0.05, 0.1) is 22.1 Å². The van der Waals surface area contributed by atoms with Crippen LogP contribution < -0.4 is 5.73 Å². The molecule has 2 heterocycles. The maximum absolute atomic E-state index is 6.24. The summed E-state index contributed by atoms with van der Waals surface area (Å²) in [6.45, 7) is 8.81. The first kappa shape index (κ1) is 40.6. The van der Waals surface area contributed by atoms with Crippen LogP contribution in [0.3, 0.4) is 0 Å². The van der Waals surface area contributed by atoms with E-state index in [0.717, 1.165) is 49.9 Å². The van der Waals surface area contributed by atoms with E-state index in [1.54, 1.807) is 6.20 Å². The summed E-state index contributed by atoms with van der Waals surface area (Å²) in [7, 11) is 0. The number of aryl methyl sites for hydroxylation is 4. The Kier molecular flexibility index (Phi) is 10.0. The molecule has 3 heteroatoms. The molecule has 0 fully saturated rings. The Morgan fingerprint density at radius 2 is 0.851 bits per heavy atom. The maximum atomic E-state index is 6.24. The summed E-state index contributed by atoms with van der Waals surface area (Å²) < 4.78 is 5.04. The maximum Gasteiger partial charge on any atom is 0.0579 e. The molecule has 2 aromatic heterocycles. The minimum atomic E-state index is 0.903. The van der Waals surface area contributed by atoms with Gasteiger partial charge in [-0.05, 0) is 171 Å². The Bertz CT molecular complexity index is 3690. The van der Waals surface area contributed by atoms with Gasteiger partial charge in [0, 0.05) is 32.9 Å². The fourth-order valence-electron chi connectivity index (χ4n) is 11.5. The highest BCUT2D eigenvalue weighted by Gasteiger charge is 2.33. The van der Waals surface area contributed by atoms with Crippen LogP contribution in [0, 0.1) is 0 Å². The van der Waals surface area contributed by atoms with Crippen molar-refractivity contribution in [2.24, 2.45) is 5.73 Å².